The monoisotopic (exact) mass is 258 g/mol. The minimum atomic E-state index is -0.0329. The Morgan fingerprint density at radius 2 is 2.00 bits per heavy atom. The summed E-state index contributed by atoms with van der Waals surface area (Å²) in [4.78, 5) is 13.7. The van der Waals surface area contributed by atoms with Crippen molar-refractivity contribution in [2.75, 3.05) is 19.6 Å². The fourth-order valence-electron chi connectivity index (χ4n) is 2.49. The molecule has 2 rings (SSSR count). The minimum absolute atomic E-state index is 0.0329. The first-order valence-corrected chi connectivity index (χ1v) is 6.87. The number of hydrogen-bond donors (Lipinski definition) is 2. The summed E-state index contributed by atoms with van der Waals surface area (Å²) in [6.07, 6.45) is 2.09. The van der Waals surface area contributed by atoms with Gasteiger partial charge in [0, 0.05) is 24.4 Å². The van der Waals surface area contributed by atoms with Crippen molar-refractivity contribution in [3.63, 3.8) is 0 Å². The molecule has 0 aliphatic carbocycles. The summed E-state index contributed by atoms with van der Waals surface area (Å²) in [6.45, 7) is 5.63. The molecular weight excluding hydrogens is 238 g/mol. The van der Waals surface area contributed by atoms with Gasteiger partial charge in [-0.1, -0.05) is 0 Å². The smallest absolute Gasteiger partial charge is 0.251 e. The molecule has 1 saturated heterocycles. The van der Waals surface area contributed by atoms with Crippen LogP contribution in [0.4, 0.5) is 0 Å². The van der Waals surface area contributed by atoms with Crippen LogP contribution in [0.5, 0.6) is 0 Å². The van der Waals surface area contributed by atoms with Gasteiger partial charge in [0.1, 0.15) is 0 Å². The molecule has 19 heavy (non-hydrogen) atoms. The third-order valence-corrected chi connectivity index (χ3v) is 3.80. The highest BCUT2D eigenvalue weighted by molar-refractivity contribution is 5.94. The van der Waals surface area contributed by atoms with Crippen LogP contribution in [0.1, 0.15) is 35.7 Å². The van der Waals surface area contributed by atoms with Gasteiger partial charge in [0.2, 0.25) is 0 Å². The normalized spacial score (nSPS) is 22.5. The van der Waals surface area contributed by atoms with Crippen LogP contribution < -0.4 is 10.2 Å². The topological polar surface area (TPSA) is 57.3 Å². The zero-order valence-corrected chi connectivity index (χ0v) is 11.3. The summed E-state index contributed by atoms with van der Waals surface area (Å²) in [5.74, 6) is -0.0329. The quantitative estimate of drug-likeness (QED) is 0.822. The molecule has 1 aliphatic rings. The van der Waals surface area contributed by atoms with Crippen LogP contribution in [0.25, 0.3) is 0 Å². The lowest BCUT2D eigenvalue weighted by atomic mass is 10.0. The maximum absolute atomic E-state index is 12.1. The Kier molecular flexibility index (Phi) is 4.53. The largest absolute Gasteiger partial charge is 0.349 e. The second kappa shape index (κ2) is 6.35. The van der Waals surface area contributed by atoms with Gasteiger partial charge in [-0.25, -0.2) is 0 Å². The summed E-state index contributed by atoms with van der Waals surface area (Å²) < 4.78 is 0. The number of nitrogens with one attached hydrogen (secondary N) is 2. The lowest BCUT2D eigenvalue weighted by molar-refractivity contribution is -0.903. The summed E-state index contributed by atoms with van der Waals surface area (Å²) in [7, 11) is 0. The number of piperidine rings is 1. The summed E-state index contributed by atoms with van der Waals surface area (Å²) in [5.41, 5.74) is 1.21. The molecule has 4 heteroatoms. The Morgan fingerprint density at radius 1 is 1.37 bits per heavy atom. The Hall–Kier alpha value is -1.86. The van der Waals surface area contributed by atoms with Crippen molar-refractivity contribution < 1.29 is 9.69 Å². The van der Waals surface area contributed by atoms with Crippen LogP contribution in [0.3, 0.4) is 0 Å². The van der Waals surface area contributed by atoms with Crippen LogP contribution in [0.2, 0.25) is 0 Å². The maximum Gasteiger partial charge on any atom is 0.251 e. The van der Waals surface area contributed by atoms with E-state index < -0.39 is 0 Å². The van der Waals surface area contributed by atoms with Crippen LogP contribution in [-0.2, 0) is 0 Å². The molecular formula is C15H20N3O+. The molecule has 2 N–H and O–H groups in total. The molecule has 1 aliphatic heterocycles. The standard InChI is InChI=1S/C15H19N3O/c1-2-18-9-7-14(8-10-18)17-15(19)13-5-3-12(11-16)4-6-13/h3-6,14H,2,7-10H2,1H3,(H,17,19)/p+1. The van der Waals surface area contributed by atoms with Gasteiger partial charge in [-0.3, -0.25) is 4.79 Å². The SMILES string of the molecule is CC[NH+]1CCC(NC(=O)c2ccc(C#N)cc2)CC1. The molecule has 0 unspecified atom stereocenters. The number of rotatable bonds is 3. The molecule has 1 aromatic rings. The van der Waals surface area contributed by atoms with Crippen LogP contribution in [0.15, 0.2) is 24.3 Å². The molecule has 1 fully saturated rings. The molecule has 1 amide bonds. The number of carbonyl (C=O) groups is 1. The minimum Gasteiger partial charge on any atom is -0.349 e. The van der Waals surface area contributed by atoms with E-state index in [0.29, 0.717) is 17.2 Å². The molecule has 100 valence electrons. The number of nitrogens with zero attached hydrogens (tertiary/aromatic N) is 1. The highest BCUT2D eigenvalue weighted by Gasteiger charge is 2.22. The molecule has 0 radical (unpaired) electrons. The van der Waals surface area contributed by atoms with E-state index in [9.17, 15) is 4.79 Å². The van der Waals surface area contributed by atoms with Crippen LogP contribution in [0, 0.1) is 11.3 Å². The second-order valence-electron chi connectivity index (χ2n) is 5.04. The Labute approximate surface area is 114 Å². The zero-order chi connectivity index (χ0) is 13.7. The number of amides is 1. The molecule has 0 bridgehead atoms. The third-order valence-electron chi connectivity index (χ3n) is 3.80. The van der Waals surface area contributed by atoms with E-state index in [0.717, 1.165) is 32.5 Å². The van der Waals surface area contributed by atoms with E-state index in [-0.39, 0.29) is 5.91 Å². The molecule has 0 aromatic heterocycles. The van der Waals surface area contributed by atoms with Crippen LogP contribution in [-0.4, -0.2) is 31.6 Å². The Bertz CT molecular complexity index is 467. The fourth-order valence-corrected chi connectivity index (χ4v) is 2.49. The number of hydrogen-bond acceptors (Lipinski definition) is 2. The predicted molar refractivity (Wildman–Crippen MR) is 72.9 cm³/mol. The lowest BCUT2D eigenvalue weighted by Crippen LogP contribution is -3.13. The molecule has 1 aromatic carbocycles. The first kappa shape index (κ1) is 13.6. The fraction of sp³-hybridized carbons (Fsp3) is 0.467. The number of nitriles is 1. The maximum atomic E-state index is 12.1. The van der Waals surface area contributed by atoms with Crippen LogP contribution >= 0.6 is 0 Å². The summed E-state index contributed by atoms with van der Waals surface area (Å²) in [5, 5.41) is 11.8. The number of benzene rings is 1. The van der Waals surface area contributed by atoms with Gasteiger partial charge >= 0.3 is 0 Å². The molecule has 0 spiro atoms. The average molecular weight is 258 g/mol. The van der Waals surface area contributed by atoms with Crippen molar-refractivity contribution in [3.8, 4) is 6.07 Å². The van der Waals surface area contributed by atoms with Crippen molar-refractivity contribution in [2.45, 2.75) is 25.8 Å². The van der Waals surface area contributed by atoms with Crippen molar-refractivity contribution in [1.82, 2.24) is 5.32 Å². The predicted octanol–water partition coefficient (Wildman–Crippen LogP) is 0.355. The molecule has 0 atom stereocenters. The highest BCUT2D eigenvalue weighted by Crippen LogP contribution is 2.06. The number of quaternary nitrogens is 1. The first-order valence-electron chi connectivity index (χ1n) is 6.87. The summed E-state index contributed by atoms with van der Waals surface area (Å²) in [6, 6.07) is 9.12. The van der Waals surface area contributed by atoms with E-state index in [1.165, 1.54) is 0 Å². The zero-order valence-electron chi connectivity index (χ0n) is 11.3. The highest BCUT2D eigenvalue weighted by atomic mass is 16.1. The van der Waals surface area contributed by atoms with Crippen molar-refractivity contribution in [2.24, 2.45) is 0 Å². The number of likely N-dealkylation sites (tertiary alicyclic amines) is 1. The second-order valence-corrected chi connectivity index (χ2v) is 5.04. The van der Waals surface area contributed by atoms with Gasteiger partial charge in [-0.15, -0.1) is 0 Å². The van der Waals surface area contributed by atoms with Gasteiger partial charge in [0.15, 0.2) is 0 Å². The van der Waals surface area contributed by atoms with E-state index in [1.807, 2.05) is 0 Å². The number of carbonyl (C=O) groups excluding carboxylic acids is 1. The Balaban J connectivity index is 1.89. The van der Waals surface area contributed by atoms with E-state index >= 15 is 0 Å². The molecule has 4 nitrogen and oxygen atoms in total. The van der Waals surface area contributed by atoms with Crippen molar-refractivity contribution >= 4 is 5.91 Å². The Morgan fingerprint density at radius 3 is 2.53 bits per heavy atom. The van der Waals surface area contributed by atoms with Gasteiger partial charge in [-0.05, 0) is 31.2 Å². The first-order chi connectivity index (χ1) is 9.22. The lowest BCUT2D eigenvalue weighted by Gasteiger charge is -2.28. The molecule has 0 saturated carbocycles. The van der Waals surface area contributed by atoms with Gasteiger partial charge in [-0.2, -0.15) is 5.26 Å². The summed E-state index contributed by atoms with van der Waals surface area (Å²) >= 11 is 0. The average Bonchev–Trinajstić information content (AvgIpc) is 2.48. The van der Waals surface area contributed by atoms with Crippen molar-refractivity contribution in [1.29, 1.82) is 5.26 Å². The van der Waals surface area contributed by atoms with Gasteiger partial charge in [0.25, 0.3) is 5.91 Å². The van der Waals surface area contributed by atoms with Gasteiger partial charge < -0.3 is 10.2 Å². The van der Waals surface area contributed by atoms with Crippen molar-refractivity contribution in [3.05, 3.63) is 35.4 Å². The third kappa shape index (κ3) is 3.55. The van der Waals surface area contributed by atoms with E-state index in [4.69, 9.17) is 5.26 Å². The van der Waals surface area contributed by atoms with E-state index in [1.54, 1.807) is 29.2 Å². The molecule has 1 heterocycles. The van der Waals surface area contributed by atoms with Gasteiger partial charge in [0.05, 0.1) is 31.3 Å². The van der Waals surface area contributed by atoms with E-state index in [2.05, 4.69) is 18.3 Å².